The summed E-state index contributed by atoms with van der Waals surface area (Å²) in [5, 5.41) is 11.7. The van der Waals surface area contributed by atoms with E-state index in [-0.39, 0.29) is 0 Å². The second kappa shape index (κ2) is 5.58. The highest BCUT2D eigenvalue weighted by Gasteiger charge is 2.20. The zero-order chi connectivity index (χ0) is 14.1. The number of piperidine rings is 1. The van der Waals surface area contributed by atoms with Gasteiger partial charge in [0.25, 0.3) is 0 Å². The molecule has 1 saturated heterocycles. The average molecular weight is 272 g/mol. The van der Waals surface area contributed by atoms with Gasteiger partial charge in [0, 0.05) is 29.2 Å². The van der Waals surface area contributed by atoms with Gasteiger partial charge in [0.2, 0.25) is 0 Å². The molecule has 1 atom stereocenters. The molecule has 1 aromatic carbocycles. The predicted molar refractivity (Wildman–Crippen MR) is 82.8 cm³/mol. The normalized spacial score (nSPS) is 19.6. The minimum atomic E-state index is -0.404. The van der Waals surface area contributed by atoms with Crippen LogP contribution in [-0.2, 0) is 0 Å². The van der Waals surface area contributed by atoms with Crippen molar-refractivity contribution < 1.29 is 5.11 Å². The molecule has 3 nitrogen and oxygen atoms in total. The molecule has 3 rings (SSSR count). The maximum Gasteiger partial charge on any atom is 0.0937 e. The molecule has 1 aromatic heterocycles. The summed E-state index contributed by atoms with van der Waals surface area (Å²) in [7, 11) is 0. The van der Waals surface area contributed by atoms with Gasteiger partial charge in [-0.3, -0.25) is 0 Å². The molecule has 1 aliphatic rings. The summed E-state index contributed by atoms with van der Waals surface area (Å²) in [6.07, 6.45) is 4.06. The van der Waals surface area contributed by atoms with E-state index in [1.807, 2.05) is 6.20 Å². The second-order valence-corrected chi connectivity index (χ2v) is 6.29. The number of nitrogens with zero attached hydrogens (tertiary/aromatic N) is 1. The number of aryl methyl sites for hydroxylation is 1. The van der Waals surface area contributed by atoms with Gasteiger partial charge in [-0.2, -0.15) is 0 Å². The molecule has 108 valence electrons. The molecule has 0 saturated carbocycles. The topological polar surface area (TPSA) is 39.3 Å². The molecule has 2 N–H and O–H groups in total. The third-order valence-electron chi connectivity index (χ3n) is 4.54. The fraction of sp³-hybridized carbons (Fsp3) is 0.529. The molecule has 1 fully saturated rings. The summed E-state index contributed by atoms with van der Waals surface area (Å²) in [4.78, 5) is 5.65. The van der Waals surface area contributed by atoms with Gasteiger partial charge in [-0.15, -0.1) is 0 Å². The Bertz CT molecular complexity index is 582. The first-order valence-corrected chi connectivity index (χ1v) is 7.61. The van der Waals surface area contributed by atoms with Crippen molar-refractivity contribution in [1.82, 2.24) is 9.88 Å². The average Bonchev–Trinajstić information content (AvgIpc) is 2.84. The minimum absolute atomic E-state index is 0.404. The maximum atomic E-state index is 10.6. The van der Waals surface area contributed by atoms with Gasteiger partial charge in [0.1, 0.15) is 0 Å². The number of H-pyrrole nitrogens is 1. The lowest BCUT2D eigenvalue weighted by molar-refractivity contribution is 0.0925. The number of fused-ring (bicyclic) bond motifs is 1. The Kier molecular flexibility index (Phi) is 3.81. The second-order valence-electron chi connectivity index (χ2n) is 6.29. The van der Waals surface area contributed by atoms with E-state index < -0.39 is 6.10 Å². The van der Waals surface area contributed by atoms with Gasteiger partial charge in [-0.05, 0) is 50.9 Å². The number of nitrogens with one attached hydrogen (secondary N) is 1. The molecule has 0 bridgehead atoms. The number of aromatic nitrogens is 1. The van der Waals surface area contributed by atoms with Crippen LogP contribution in [0.3, 0.4) is 0 Å². The quantitative estimate of drug-likeness (QED) is 0.900. The largest absolute Gasteiger partial charge is 0.387 e. The van der Waals surface area contributed by atoms with Crippen LogP contribution in [0.2, 0.25) is 0 Å². The summed E-state index contributed by atoms with van der Waals surface area (Å²) in [5.41, 5.74) is 3.37. The lowest BCUT2D eigenvalue weighted by Crippen LogP contribution is -2.35. The zero-order valence-corrected chi connectivity index (χ0v) is 12.4. The van der Waals surface area contributed by atoms with Gasteiger partial charge >= 0.3 is 0 Å². The minimum Gasteiger partial charge on any atom is -0.387 e. The van der Waals surface area contributed by atoms with Crippen molar-refractivity contribution in [2.75, 3.05) is 19.6 Å². The Labute approximate surface area is 120 Å². The van der Waals surface area contributed by atoms with E-state index in [1.165, 1.54) is 18.4 Å². The summed E-state index contributed by atoms with van der Waals surface area (Å²) in [6, 6.07) is 6.34. The van der Waals surface area contributed by atoms with Crippen LogP contribution in [0.1, 0.15) is 37.0 Å². The molecular weight excluding hydrogens is 248 g/mol. The van der Waals surface area contributed by atoms with Gasteiger partial charge in [-0.1, -0.05) is 18.6 Å². The smallest absolute Gasteiger partial charge is 0.0937 e. The molecular formula is C17H24N2O. The Morgan fingerprint density at radius 1 is 1.35 bits per heavy atom. The van der Waals surface area contributed by atoms with Gasteiger partial charge in [-0.25, -0.2) is 0 Å². The summed E-state index contributed by atoms with van der Waals surface area (Å²) < 4.78 is 0. The standard InChI is InChI=1S/C17H24N2O/c1-12-5-7-19(8-6-12)11-17(20)15-10-18-16-4-3-13(2)9-14(15)16/h3-4,9-10,12,17-18,20H,5-8,11H2,1-2H3/t17-/m0/s1. The molecule has 0 unspecified atom stereocenters. The number of aliphatic hydroxyl groups is 1. The molecule has 20 heavy (non-hydrogen) atoms. The van der Waals surface area contributed by atoms with Crippen molar-refractivity contribution in [3.63, 3.8) is 0 Å². The van der Waals surface area contributed by atoms with Crippen LogP contribution in [0.4, 0.5) is 0 Å². The van der Waals surface area contributed by atoms with Crippen molar-refractivity contribution in [3.05, 3.63) is 35.5 Å². The van der Waals surface area contributed by atoms with Gasteiger partial charge in [0.15, 0.2) is 0 Å². The third-order valence-corrected chi connectivity index (χ3v) is 4.54. The van der Waals surface area contributed by atoms with E-state index in [9.17, 15) is 5.11 Å². The van der Waals surface area contributed by atoms with Crippen LogP contribution in [-0.4, -0.2) is 34.6 Å². The number of hydrogen-bond acceptors (Lipinski definition) is 2. The van der Waals surface area contributed by atoms with Gasteiger partial charge < -0.3 is 15.0 Å². The van der Waals surface area contributed by atoms with Crippen molar-refractivity contribution in [2.24, 2.45) is 5.92 Å². The number of rotatable bonds is 3. The Morgan fingerprint density at radius 2 is 2.10 bits per heavy atom. The van der Waals surface area contributed by atoms with Crippen LogP contribution >= 0.6 is 0 Å². The molecule has 3 heteroatoms. The SMILES string of the molecule is Cc1ccc2[nH]cc([C@@H](O)CN3CCC(C)CC3)c2c1. The van der Waals surface area contributed by atoms with Crippen LogP contribution < -0.4 is 0 Å². The number of likely N-dealkylation sites (tertiary alicyclic amines) is 1. The number of aliphatic hydroxyl groups excluding tert-OH is 1. The highest BCUT2D eigenvalue weighted by Crippen LogP contribution is 2.27. The third kappa shape index (κ3) is 2.74. The molecule has 0 amide bonds. The van der Waals surface area contributed by atoms with Crippen molar-refractivity contribution >= 4 is 10.9 Å². The van der Waals surface area contributed by atoms with Crippen LogP contribution in [0, 0.1) is 12.8 Å². The van der Waals surface area contributed by atoms with Gasteiger partial charge in [0.05, 0.1) is 6.10 Å². The van der Waals surface area contributed by atoms with Crippen LogP contribution in [0.25, 0.3) is 10.9 Å². The van der Waals surface area contributed by atoms with E-state index in [0.717, 1.165) is 42.0 Å². The molecule has 0 radical (unpaired) electrons. The maximum absolute atomic E-state index is 10.6. The number of benzene rings is 1. The molecule has 0 aliphatic carbocycles. The van der Waals surface area contributed by atoms with E-state index >= 15 is 0 Å². The van der Waals surface area contributed by atoms with E-state index in [1.54, 1.807) is 0 Å². The lowest BCUT2D eigenvalue weighted by atomic mass is 9.98. The highest BCUT2D eigenvalue weighted by atomic mass is 16.3. The first-order valence-electron chi connectivity index (χ1n) is 7.61. The van der Waals surface area contributed by atoms with Crippen LogP contribution in [0.15, 0.2) is 24.4 Å². The van der Waals surface area contributed by atoms with E-state index in [0.29, 0.717) is 0 Å². The highest BCUT2D eigenvalue weighted by molar-refractivity contribution is 5.84. The van der Waals surface area contributed by atoms with Crippen molar-refractivity contribution in [3.8, 4) is 0 Å². The summed E-state index contributed by atoms with van der Waals surface area (Å²) in [5.74, 6) is 0.833. The zero-order valence-electron chi connectivity index (χ0n) is 12.4. The van der Waals surface area contributed by atoms with Crippen LogP contribution in [0.5, 0.6) is 0 Å². The number of aromatic amines is 1. The Hall–Kier alpha value is -1.32. The van der Waals surface area contributed by atoms with E-state index in [2.05, 4.69) is 41.9 Å². The number of β-amino-alcohol motifs (C(OH)–C–C–N with tert-alkyl or cyclic N) is 1. The predicted octanol–water partition coefficient (Wildman–Crippen LogP) is 3.24. The number of hydrogen-bond donors (Lipinski definition) is 2. The lowest BCUT2D eigenvalue weighted by Gasteiger charge is -2.31. The summed E-state index contributed by atoms with van der Waals surface area (Å²) >= 11 is 0. The fourth-order valence-electron chi connectivity index (χ4n) is 3.12. The van der Waals surface area contributed by atoms with Crippen molar-refractivity contribution in [2.45, 2.75) is 32.8 Å². The molecule has 0 spiro atoms. The summed E-state index contributed by atoms with van der Waals surface area (Å²) in [6.45, 7) is 7.37. The molecule has 2 heterocycles. The molecule has 2 aromatic rings. The molecule has 1 aliphatic heterocycles. The monoisotopic (exact) mass is 272 g/mol. The fourth-order valence-corrected chi connectivity index (χ4v) is 3.12. The first kappa shape index (κ1) is 13.7. The Morgan fingerprint density at radius 3 is 2.85 bits per heavy atom. The van der Waals surface area contributed by atoms with E-state index in [4.69, 9.17) is 0 Å². The first-order chi connectivity index (χ1) is 9.63. The Balaban J connectivity index is 1.75. The van der Waals surface area contributed by atoms with Crippen molar-refractivity contribution in [1.29, 1.82) is 0 Å².